The van der Waals surface area contributed by atoms with E-state index in [0.717, 1.165) is 31.9 Å². The fraction of sp³-hybridized carbons (Fsp3) is 0.375. The molecule has 1 aromatic heterocycles. The topological polar surface area (TPSA) is 28.4 Å². The monoisotopic (exact) mass is 256 g/mol. The van der Waals surface area contributed by atoms with Crippen molar-refractivity contribution in [2.24, 2.45) is 0 Å². The van der Waals surface area contributed by atoms with Gasteiger partial charge in [0.25, 0.3) is 0 Å². The van der Waals surface area contributed by atoms with Crippen LogP contribution in [-0.4, -0.2) is 24.5 Å². The highest BCUT2D eigenvalue weighted by Gasteiger charge is 2.14. The number of hydrogen-bond donors (Lipinski definition) is 1. The Morgan fingerprint density at radius 1 is 1.11 bits per heavy atom. The summed E-state index contributed by atoms with van der Waals surface area (Å²) in [4.78, 5) is 2.51. The lowest BCUT2D eigenvalue weighted by molar-refractivity contribution is 0.253. The van der Waals surface area contributed by atoms with E-state index >= 15 is 0 Å². The Kier molecular flexibility index (Phi) is 3.96. The van der Waals surface area contributed by atoms with E-state index < -0.39 is 0 Å². The molecule has 0 amide bonds. The number of fused-ring (bicyclic) bond motifs is 1. The molecule has 0 bridgehead atoms. The maximum atomic E-state index is 5.30. The first-order valence-corrected chi connectivity index (χ1v) is 6.94. The van der Waals surface area contributed by atoms with Gasteiger partial charge in [-0.1, -0.05) is 24.3 Å². The second kappa shape index (κ2) is 6.04. The first kappa shape index (κ1) is 12.5. The molecule has 3 nitrogen and oxygen atoms in total. The molecule has 0 atom stereocenters. The van der Waals surface area contributed by atoms with E-state index in [2.05, 4.69) is 34.5 Å². The van der Waals surface area contributed by atoms with Crippen molar-refractivity contribution < 1.29 is 4.42 Å². The van der Waals surface area contributed by atoms with Crippen LogP contribution in [0.5, 0.6) is 0 Å². The van der Waals surface area contributed by atoms with E-state index in [1.165, 1.54) is 24.1 Å². The second-order valence-corrected chi connectivity index (χ2v) is 5.05. The van der Waals surface area contributed by atoms with Gasteiger partial charge in [0.1, 0.15) is 5.76 Å². The molecule has 1 aromatic carbocycles. The van der Waals surface area contributed by atoms with Gasteiger partial charge in [-0.2, -0.15) is 0 Å². The highest BCUT2D eigenvalue weighted by atomic mass is 16.3. The predicted octanol–water partition coefficient (Wildman–Crippen LogP) is 2.43. The third kappa shape index (κ3) is 3.25. The van der Waals surface area contributed by atoms with Gasteiger partial charge in [0.2, 0.25) is 0 Å². The molecule has 1 N–H and O–H groups in total. The minimum atomic E-state index is 0.817. The zero-order chi connectivity index (χ0) is 12.9. The van der Waals surface area contributed by atoms with E-state index in [1.807, 2.05) is 12.1 Å². The molecular formula is C16H20N2O. The molecular weight excluding hydrogens is 236 g/mol. The van der Waals surface area contributed by atoms with Crippen LogP contribution >= 0.6 is 0 Å². The summed E-state index contributed by atoms with van der Waals surface area (Å²) < 4.78 is 5.30. The van der Waals surface area contributed by atoms with Gasteiger partial charge in [-0.25, -0.2) is 0 Å². The standard InChI is InChI=1S/C16H20N2O/c1-2-5-15-13-18(9-7-14(15)4-1)10-8-17-12-16-6-3-11-19-16/h1-6,11,17H,7-10,12-13H2. The SMILES string of the molecule is c1coc(CNCCN2CCc3ccccc3C2)c1. The molecule has 1 aliphatic heterocycles. The van der Waals surface area contributed by atoms with Crippen molar-refractivity contribution in [2.75, 3.05) is 19.6 Å². The lowest BCUT2D eigenvalue weighted by Crippen LogP contribution is -2.35. The molecule has 19 heavy (non-hydrogen) atoms. The number of benzene rings is 1. The van der Waals surface area contributed by atoms with E-state index in [0.29, 0.717) is 0 Å². The lowest BCUT2D eigenvalue weighted by atomic mass is 10.00. The van der Waals surface area contributed by atoms with Crippen molar-refractivity contribution in [3.05, 3.63) is 59.5 Å². The number of nitrogens with zero attached hydrogens (tertiary/aromatic N) is 1. The van der Waals surface area contributed by atoms with Crippen LogP contribution < -0.4 is 5.32 Å². The van der Waals surface area contributed by atoms with Crippen LogP contribution in [0.3, 0.4) is 0 Å². The van der Waals surface area contributed by atoms with Crippen molar-refractivity contribution in [3.8, 4) is 0 Å². The summed E-state index contributed by atoms with van der Waals surface area (Å²) in [5.41, 5.74) is 3.00. The van der Waals surface area contributed by atoms with Crippen LogP contribution in [0, 0.1) is 0 Å². The van der Waals surface area contributed by atoms with Crippen LogP contribution in [0.15, 0.2) is 47.1 Å². The number of hydrogen-bond acceptors (Lipinski definition) is 3. The first-order valence-electron chi connectivity index (χ1n) is 6.94. The minimum Gasteiger partial charge on any atom is -0.468 e. The summed E-state index contributed by atoms with van der Waals surface area (Å²) in [5, 5.41) is 3.42. The summed E-state index contributed by atoms with van der Waals surface area (Å²) in [5.74, 6) is 1.00. The van der Waals surface area contributed by atoms with Gasteiger partial charge in [0.05, 0.1) is 12.8 Å². The van der Waals surface area contributed by atoms with E-state index in [4.69, 9.17) is 4.42 Å². The molecule has 0 radical (unpaired) electrons. The Hall–Kier alpha value is -1.58. The zero-order valence-electron chi connectivity index (χ0n) is 11.1. The molecule has 0 fully saturated rings. The van der Waals surface area contributed by atoms with Crippen LogP contribution in [-0.2, 0) is 19.5 Å². The average molecular weight is 256 g/mol. The first-order chi connectivity index (χ1) is 9.42. The van der Waals surface area contributed by atoms with Gasteiger partial charge < -0.3 is 9.73 Å². The van der Waals surface area contributed by atoms with Gasteiger partial charge in [0.15, 0.2) is 0 Å². The molecule has 0 saturated heterocycles. The smallest absolute Gasteiger partial charge is 0.117 e. The highest BCUT2D eigenvalue weighted by molar-refractivity contribution is 5.28. The molecule has 1 aliphatic rings. The van der Waals surface area contributed by atoms with E-state index in [-0.39, 0.29) is 0 Å². The van der Waals surface area contributed by atoms with Gasteiger partial charge >= 0.3 is 0 Å². The van der Waals surface area contributed by atoms with Crippen molar-refractivity contribution in [2.45, 2.75) is 19.5 Å². The lowest BCUT2D eigenvalue weighted by Gasteiger charge is -2.28. The average Bonchev–Trinajstić information content (AvgIpc) is 2.97. The van der Waals surface area contributed by atoms with Crippen LogP contribution in [0.25, 0.3) is 0 Å². The van der Waals surface area contributed by atoms with Gasteiger partial charge in [0, 0.05) is 26.2 Å². The summed E-state index contributed by atoms with van der Waals surface area (Å²) in [6.07, 6.45) is 2.90. The normalized spacial score (nSPS) is 15.4. The van der Waals surface area contributed by atoms with Gasteiger partial charge in [-0.05, 0) is 29.7 Å². The Bertz CT molecular complexity index is 507. The number of furan rings is 1. The van der Waals surface area contributed by atoms with Crippen LogP contribution in [0.4, 0.5) is 0 Å². The second-order valence-electron chi connectivity index (χ2n) is 5.05. The maximum absolute atomic E-state index is 5.30. The predicted molar refractivity (Wildman–Crippen MR) is 75.8 cm³/mol. The molecule has 3 heteroatoms. The number of nitrogens with one attached hydrogen (secondary N) is 1. The fourth-order valence-corrected chi connectivity index (χ4v) is 2.61. The van der Waals surface area contributed by atoms with E-state index in [9.17, 15) is 0 Å². The third-order valence-electron chi connectivity index (χ3n) is 3.69. The Balaban J connectivity index is 1.42. The largest absolute Gasteiger partial charge is 0.468 e. The Morgan fingerprint density at radius 3 is 2.84 bits per heavy atom. The fourth-order valence-electron chi connectivity index (χ4n) is 2.61. The molecule has 0 aliphatic carbocycles. The molecule has 2 aromatic rings. The summed E-state index contributed by atoms with van der Waals surface area (Å²) >= 11 is 0. The maximum Gasteiger partial charge on any atom is 0.117 e. The van der Waals surface area contributed by atoms with Gasteiger partial charge in [-0.3, -0.25) is 4.90 Å². The summed E-state index contributed by atoms with van der Waals surface area (Å²) in [7, 11) is 0. The minimum absolute atomic E-state index is 0.817. The molecule has 0 saturated carbocycles. The number of rotatable bonds is 5. The highest BCUT2D eigenvalue weighted by Crippen LogP contribution is 2.17. The van der Waals surface area contributed by atoms with Gasteiger partial charge in [-0.15, -0.1) is 0 Å². The van der Waals surface area contributed by atoms with Crippen LogP contribution in [0.1, 0.15) is 16.9 Å². The Morgan fingerprint density at radius 2 is 2.00 bits per heavy atom. The quantitative estimate of drug-likeness (QED) is 0.833. The van der Waals surface area contributed by atoms with Crippen LogP contribution in [0.2, 0.25) is 0 Å². The van der Waals surface area contributed by atoms with Crippen molar-refractivity contribution in [1.29, 1.82) is 0 Å². The molecule has 100 valence electrons. The van der Waals surface area contributed by atoms with Crippen molar-refractivity contribution in [1.82, 2.24) is 10.2 Å². The molecule has 3 rings (SSSR count). The van der Waals surface area contributed by atoms with E-state index in [1.54, 1.807) is 6.26 Å². The summed E-state index contributed by atoms with van der Waals surface area (Å²) in [6, 6.07) is 12.7. The molecule has 2 heterocycles. The molecule has 0 spiro atoms. The summed E-state index contributed by atoms with van der Waals surface area (Å²) in [6.45, 7) is 5.16. The van der Waals surface area contributed by atoms with Crippen molar-refractivity contribution in [3.63, 3.8) is 0 Å². The zero-order valence-corrected chi connectivity index (χ0v) is 11.1. The molecule has 0 unspecified atom stereocenters. The third-order valence-corrected chi connectivity index (χ3v) is 3.69. The van der Waals surface area contributed by atoms with Crippen molar-refractivity contribution >= 4 is 0 Å². The Labute approximate surface area is 114 Å².